The second kappa shape index (κ2) is 5.61. The lowest BCUT2D eigenvalue weighted by atomic mass is 10.1. The number of thiazole rings is 1. The normalized spacial score (nSPS) is 14.5. The van der Waals surface area contributed by atoms with Crippen LogP contribution in [0.2, 0.25) is 0 Å². The molecule has 1 aliphatic heterocycles. The number of fused-ring (bicyclic) bond motifs is 1. The van der Waals surface area contributed by atoms with E-state index in [2.05, 4.69) is 4.99 Å². The Kier molecular flexibility index (Phi) is 3.64. The predicted molar refractivity (Wildman–Crippen MR) is 85.0 cm³/mol. The standard InChI is InChI=1S/C15H12N2O4S/c18-13(19)5-6-17-14(20)12(22-15(17)21)7-9-8-16-11-4-2-1-3-10(9)11/h1-4,7-8,20H,5-6H2,(H,18,19)/b9-7+. The van der Waals surface area contributed by atoms with Gasteiger partial charge in [-0.25, -0.2) is 0 Å². The molecule has 2 N–H and O–H groups in total. The molecule has 3 rings (SSSR count). The van der Waals surface area contributed by atoms with Crippen molar-refractivity contribution in [1.29, 1.82) is 0 Å². The minimum absolute atomic E-state index is 0.0512. The number of benzene rings is 1. The van der Waals surface area contributed by atoms with Crippen LogP contribution in [0.4, 0.5) is 5.69 Å². The van der Waals surface area contributed by atoms with E-state index in [0.29, 0.717) is 4.88 Å². The number of rotatable bonds is 4. The number of aromatic hydroxyl groups is 1. The molecule has 1 aromatic carbocycles. The molecule has 0 bridgehead atoms. The fourth-order valence-electron chi connectivity index (χ4n) is 2.21. The fraction of sp³-hybridized carbons (Fsp3) is 0.133. The Labute approximate surface area is 129 Å². The van der Waals surface area contributed by atoms with Crippen LogP contribution in [0.15, 0.2) is 34.1 Å². The summed E-state index contributed by atoms with van der Waals surface area (Å²) in [5, 5.41) is 18.8. The van der Waals surface area contributed by atoms with Gasteiger partial charge in [-0.2, -0.15) is 0 Å². The second-order valence-corrected chi connectivity index (χ2v) is 5.72. The lowest BCUT2D eigenvalue weighted by Crippen LogP contribution is -2.14. The van der Waals surface area contributed by atoms with Crippen molar-refractivity contribution < 1.29 is 15.0 Å². The molecule has 0 unspecified atom stereocenters. The summed E-state index contributed by atoms with van der Waals surface area (Å²) in [6.07, 6.45) is 3.15. The van der Waals surface area contributed by atoms with Crippen molar-refractivity contribution in [3.8, 4) is 5.88 Å². The van der Waals surface area contributed by atoms with Gasteiger partial charge in [-0.3, -0.25) is 19.1 Å². The molecule has 112 valence electrons. The van der Waals surface area contributed by atoms with Gasteiger partial charge in [0.25, 0.3) is 0 Å². The maximum atomic E-state index is 11.9. The van der Waals surface area contributed by atoms with Gasteiger partial charge in [0.2, 0.25) is 5.88 Å². The number of hydrogen-bond acceptors (Lipinski definition) is 5. The van der Waals surface area contributed by atoms with Gasteiger partial charge < -0.3 is 10.2 Å². The average molecular weight is 316 g/mol. The molecule has 0 atom stereocenters. The first-order chi connectivity index (χ1) is 10.6. The van der Waals surface area contributed by atoms with Crippen LogP contribution >= 0.6 is 11.3 Å². The van der Waals surface area contributed by atoms with E-state index in [1.807, 2.05) is 24.3 Å². The van der Waals surface area contributed by atoms with Gasteiger partial charge in [-0.1, -0.05) is 29.5 Å². The van der Waals surface area contributed by atoms with E-state index in [0.717, 1.165) is 32.7 Å². The molecule has 0 saturated heterocycles. The Morgan fingerprint density at radius 2 is 2.14 bits per heavy atom. The molecule has 2 heterocycles. The largest absolute Gasteiger partial charge is 0.493 e. The molecule has 0 radical (unpaired) electrons. The molecule has 22 heavy (non-hydrogen) atoms. The van der Waals surface area contributed by atoms with E-state index < -0.39 is 5.97 Å². The molecule has 0 fully saturated rings. The molecule has 0 spiro atoms. The first-order valence-corrected chi connectivity index (χ1v) is 7.37. The Hall–Kier alpha value is -2.67. The highest BCUT2D eigenvalue weighted by Gasteiger charge is 2.16. The summed E-state index contributed by atoms with van der Waals surface area (Å²) in [5.41, 5.74) is 2.57. The number of para-hydroxylation sites is 1. The number of nitrogens with zero attached hydrogens (tertiary/aromatic N) is 2. The molecular weight excluding hydrogens is 304 g/mol. The first-order valence-electron chi connectivity index (χ1n) is 6.56. The number of aliphatic imine (C=N–C) groups is 1. The van der Waals surface area contributed by atoms with Crippen molar-refractivity contribution in [3.05, 3.63) is 44.4 Å². The van der Waals surface area contributed by atoms with Gasteiger partial charge >= 0.3 is 10.8 Å². The Balaban J connectivity index is 1.96. The van der Waals surface area contributed by atoms with E-state index in [-0.39, 0.29) is 23.7 Å². The topological polar surface area (TPSA) is 91.9 Å². The molecule has 0 amide bonds. The number of carboxylic acid groups (broad SMARTS) is 1. The number of aromatic nitrogens is 1. The Morgan fingerprint density at radius 3 is 2.91 bits per heavy atom. The summed E-state index contributed by atoms with van der Waals surface area (Å²) < 4.78 is 1.07. The highest BCUT2D eigenvalue weighted by molar-refractivity contribution is 7.10. The maximum absolute atomic E-state index is 11.9. The quantitative estimate of drug-likeness (QED) is 0.905. The third-order valence-electron chi connectivity index (χ3n) is 3.29. The van der Waals surface area contributed by atoms with E-state index in [9.17, 15) is 14.7 Å². The summed E-state index contributed by atoms with van der Waals surface area (Å²) >= 11 is 0.881. The van der Waals surface area contributed by atoms with Crippen molar-refractivity contribution in [2.75, 3.05) is 0 Å². The molecule has 2 aromatic rings. The van der Waals surface area contributed by atoms with Crippen LogP contribution in [0.5, 0.6) is 5.88 Å². The van der Waals surface area contributed by atoms with E-state index >= 15 is 0 Å². The number of hydrogen-bond donors (Lipinski definition) is 2. The van der Waals surface area contributed by atoms with Crippen LogP contribution in [0.1, 0.15) is 16.9 Å². The van der Waals surface area contributed by atoms with Crippen LogP contribution in [0.25, 0.3) is 11.6 Å². The van der Waals surface area contributed by atoms with E-state index in [1.165, 1.54) is 0 Å². The number of carbonyl (C=O) groups is 1. The van der Waals surface area contributed by atoms with Gasteiger partial charge in [0, 0.05) is 23.9 Å². The van der Waals surface area contributed by atoms with Crippen LogP contribution in [-0.4, -0.2) is 27.0 Å². The van der Waals surface area contributed by atoms with Gasteiger partial charge in [0.15, 0.2) is 0 Å². The third-order valence-corrected chi connectivity index (χ3v) is 4.20. The van der Waals surface area contributed by atoms with Gasteiger partial charge in [0.05, 0.1) is 17.0 Å². The van der Waals surface area contributed by atoms with Crippen molar-refractivity contribution >= 4 is 40.9 Å². The summed E-state index contributed by atoms with van der Waals surface area (Å²) in [4.78, 5) is 26.7. The van der Waals surface area contributed by atoms with E-state index in [1.54, 1.807) is 12.3 Å². The van der Waals surface area contributed by atoms with Crippen molar-refractivity contribution in [2.24, 2.45) is 4.99 Å². The molecule has 0 aliphatic carbocycles. The number of aliphatic carboxylic acids is 1. The van der Waals surface area contributed by atoms with Crippen LogP contribution < -0.4 is 4.87 Å². The zero-order chi connectivity index (χ0) is 15.7. The Morgan fingerprint density at radius 1 is 1.36 bits per heavy atom. The number of allylic oxidation sites excluding steroid dienone is 1. The predicted octanol–water partition coefficient (Wildman–Crippen LogP) is 2.35. The molecule has 1 aliphatic rings. The minimum atomic E-state index is -1.02. The molecule has 7 heteroatoms. The highest BCUT2D eigenvalue weighted by Crippen LogP contribution is 2.34. The van der Waals surface area contributed by atoms with Crippen molar-refractivity contribution in [2.45, 2.75) is 13.0 Å². The Bertz CT molecular complexity index is 861. The lowest BCUT2D eigenvalue weighted by molar-refractivity contribution is -0.137. The van der Waals surface area contributed by atoms with Crippen molar-refractivity contribution in [3.63, 3.8) is 0 Å². The summed E-state index contributed by atoms with van der Waals surface area (Å²) in [6, 6.07) is 7.57. The summed E-state index contributed by atoms with van der Waals surface area (Å²) in [6.45, 7) is -0.0512. The monoisotopic (exact) mass is 316 g/mol. The number of carboxylic acids is 1. The lowest BCUT2D eigenvalue weighted by Gasteiger charge is -2.01. The smallest absolute Gasteiger partial charge is 0.310 e. The zero-order valence-corrected chi connectivity index (χ0v) is 12.2. The molecule has 1 aromatic heterocycles. The minimum Gasteiger partial charge on any atom is -0.493 e. The SMILES string of the molecule is O=C(O)CCn1c(O)c(/C=C2\C=Nc3ccccc32)sc1=O. The van der Waals surface area contributed by atoms with E-state index in [4.69, 9.17) is 5.11 Å². The summed E-state index contributed by atoms with van der Waals surface area (Å²) in [5.74, 6) is -1.23. The summed E-state index contributed by atoms with van der Waals surface area (Å²) in [7, 11) is 0. The maximum Gasteiger partial charge on any atom is 0.310 e. The molecular formula is C15H12N2O4S. The van der Waals surface area contributed by atoms with Gasteiger partial charge in [0.1, 0.15) is 0 Å². The fourth-order valence-corrected chi connectivity index (χ4v) is 3.07. The third kappa shape index (κ3) is 2.58. The highest BCUT2D eigenvalue weighted by atomic mass is 32.1. The zero-order valence-electron chi connectivity index (χ0n) is 11.4. The molecule has 6 nitrogen and oxygen atoms in total. The van der Waals surface area contributed by atoms with Crippen LogP contribution in [-0.2, 0) is 11.3 Å². The second-order valence-electron chi connectivity index (χ2n) is 4.73. The van der Waals surface area contributed by atoms with Crippen LogP contribution in [0, 0.1) is 0 Å². The van der Waals surface area contributed by atoms with Crippen LogP contribution in [0.3, 0.4) is 0 Å². The van der Waals surface area contributed by atoms with Crippen molar-refractivity contribution in [1.82, 2.24) is 4.57 Å². The van der Waals surface area contributed by atoms with Gasteiger partial charge in [-0.15, -0.1) is 0 Å². The first kappa shape index (κ1) is 14.3. The molecule has 0 saturated carbocycles. The average Bonchev–Trinajstić information content (AvgIpc) is 3.00. The van der Waals surface area contributed by atoms with Gasteiger partial charge in [-0.05, 0) is 12.1 Å².